The quantitative estimate of drug-likeness (QED) is 0.627. The second-order valence-corrected chi connectivity index (χ2v) is 5.87. The molecule has 0 aliphatic heterocycles. The summed E-state index contributed by atoms with van der Waals surface area (Å²) in [7, 11) is 0. The normalized spacial score (nSPS) is 10.3. The van der Waals surface area contributed by atoms with Crippen LogP contribution in [-0.2, 0) is 4.79 Å². The lowest BCUT2D eigenvalue weighted by Gasteiger charge is -2.08. The summed E-state index contributed by atoms with van der Waals surface area (Å²) in [6, 6.07) is 18.4. The Bertz CT molecular complexity index is 903. The molecule has 6 nitrogen and oxygen atoms in total. The Morgan fingerprint density at radius 3 is 2.42 bits per heavy atom. The van der Waals surface area contributed by atoms with Gasteiger partial charge in [-0.15, -0.1) is 0 Å². The Morgan fingerprint density at radius 1 is 0.962 bits per heavy atom. The van der Waals surface area contributed by atoms with E-state index >= 15 is 0 Å². The van der Waals surface area contributed by atoms with Gasteiger partial charge < -0.3 is 10.6 Å². The van der Waals surface area contributed by atoms with Crippen molar-refractivity contribution < 1.29 is 9.59 Å². The summed E-state index contributed by atoms with van der Waals surface area (Å²) in [5.41, 5.74) is 3.25. The number of carbonyl (C=O) groups is 2. The molecule has 2 aromatic carbocycles. The lowest BCUT2D eigenvalue weighted by Crippen LogP contribution is -2.13. The van der Waals surface area contributed by atoms with Gasteiger partial charge in [-0.2, -0.15) is 5.10 Å². The van der Waals surface area contributed by atoms with E-state index in [9.17, 15) is 9.59 Å². The average Bonchev–Trinajstić information content (AvgIpc) is 3.13. The summed E-state index contributed by atoms with van der Waals surface area (Å²) < 4.78 is 0. The molecule has 3 rings (SSSR count). The molecule has 0 atom stereocenters. The zero-order valence-corrected chi connectivity index (χ0v) is 14.5. The lowest BCUT2D eigenvalue weighted by molar-refractivity contribution is -0.116. The number of carbonyl (C=O) groups excluding carboxylic acids is 2. The van der Waals surface area contributed by atoms with Crippen LogP contribution >= 0.6 is 0 Å². The molecule has 3 aromatic rings. The molecule has 26 heavy (non-hydrogen) atoms. The Kier molecular flexibility index (Phi) is 5.43. The van der Waals surface area contributed by atoms with Crippen LogP contribution in [0.25, 0.3) is 11.3 Å². The van der Waals surface area contributed by atoms with Crippen molar-refractivity contribution in [1.29, 1.82) is 0 Å². The molecule has 0 unspecified atom stereocenters. The molecular weight excluding hydrogens is 328 g/mol. The van der Waals surface area contributed by atoms with Crippen LogP contribution in [0.15, 0.2) is 60.7 Å². The first-order chi connectivity index (χ1) is 12.7. The number of hydrogen-bond donors (Lipinski definition) is 3. The fraction of sp³-hybridized carbons (Fsp3) is 0.150. The highest BCUT2D eigenvalue weighted by Gasteiger charge is 2.11. The summed E-state index contributed by atoms with van der Waals surface area (Å²) in [5, 5.41) is 12.6. The van der Waals surface area contributed by atoms with Crippen molar-refractivity contribution in [2.45, 2.75) is 19.8 Å². The molecule has 0 radical (unpaired) electrons. The molecule has 6 heteroatoms. The van der Waals surface area contributed by atoms with E-state index in [1.54, 1.807) is 30.3 Å². The highest BCUT2D eigenvalue weighted by atomic mass is 16.2. The van der Waals surface area contributed by atoms with Crippen LogP contribution in [0.3, 0.4) is 0 Å². The Hall–Kier alpha value is -3.41. The fourth-order valence-corrected chi connectivity index (χ4v) is 2.52. The second-order valence-electron chi connectivity index (χ2n) is 5.87. The van der Waals surface area contributed by atoms with Gasteiger partial charge in [0, 0.05) is 23.4 Å². The van der Waals surface area contributed by atoms with Gasteiger partial charge in [0.05, 0.1) is 5.69 Å². The molecule has 0 aliphatic rings. The second kappa shape index (κ2) is 8.11. The van der Waals surface area contributed by atoms with E-state index in [0.29, 0.717) is 29.2 Å². The number of aromatic nitrogens is 2. The van der Waals surface area contributed by atoms with E-state index in [1.807, 2.05) is 37.3 Å². The number of nitrogens with one attached hydrogen (secondary N) is 3. The number of rotatable bonds is 6. The number of aromatic amines is 1. The SMILES string of the molecule is CCCC(=O)Nc1cccc(NC(=O)c2cc(-c3ccccc3)n[nH]2)c1. The molecular formula is C20H20N4O2. The van der Waals surface area contributed by atoms with E-state index in [2.05, 4.69) is 20.8 Å². The van der Waals surface area contributed by atoms with Crippen LogP contribution < -0.4 is 10.6 Å². The van der Waals surface area contributed by atoms with Gasteiger partial charge in [-0.1, -0.05) is 43.3 Å². The van der Waals surface area contributed by atoms with Gasteiger partial charge in [-0.3, -0.25) is 14.7 Å². The van der Waals surface area contributed by atoms with Crippen molar-refractivity contribution in [3.63, 3.8) is 0 Å². The van der Waals surface area contributed by atoms with Crippen molar-refractivity contribution in [2.24, 2.45) is 0 Å². The monoisotopic (exact) mass is 348 g/mol. The van der Waals surface area contributed by atoms with Gasteiger partial charge in [0.15, 0.2) is 0 Å². The minimum absolute atomic E-state index is 0.0444. The van der Waals surface area contributed by atoms with Gasteiger partial charge in [0.25, 0.3) is 5.91 Å². The third kappa shape index (κ3) is 4.36. The number of amides is 2. The predicted molar refractivity (Wildman–Crippen MR) is 102 cm³/mol. The molecule has 132 valence electrons. The molecule has 0 spiro atoms. The maximum atomic E-state index is 12.4. The summed E-state index contributed by atoms with van der Waals surface area (Å²) >= 11 is 0. The van der Waals surface area contributed by atoms with Gasteiger partial charge in [0.1, 0.15) is 5.69 Å². The minimum Gasteiger partial charge on any atom is -0.326 e. The van der Waals surface area contributed by atoms with Gasteiger partial charge >= 0.3 is 0 Å². The Balaban J connectivity index is 1.69. The third-order valence-corrected chi connectivity index (χ3v) is 3.77. The number of nitrogens with zero attached hydrogens (tertiary/aromatic N) is 1. The summed E-state index contributed by atoms with van der Waals surface area (Å²) in [4.78, 5) is 24.1. The molecule has 3 N–H and O–H groups in total. The number of benzene rings is 2. The molecule has 0 saturated carbocycles. The van der Waals surface area contributed by atoms with E-state index < -0.39 is 0 Å². The Labute approximate surface area is 151 Å². The topological polar surface area (TPSA) is 86.9 Å². The van der Waals surface area contributed by atoms with E-state index in [4.69, 9.17) is 0 Å². The van der Waals surface area contributed by atoms with Crippen LogP contribution in [0.5, 0.6) is 0 Å². The zero-order valence-electron chi connectivity index (χ0n) is 14.5. The first-order valence-corrected chi connectivity index (χ1v) is 8.48. The minimum atomic E-state index is -0.295. The Morgan fingerprint density at radius 2 is 1.69 bits per heavy atom. The van der Waals surface area contributed by atoms with E-state index in [1.165, 1.54) is 0 Å². The van der Waals surface area contributed by atoms with Crippen molar-refractivity contribution in [3.8, 4) is 11.3 Å². The summed E-state index contributed by atoms with van der Waals surface area (Å²) in [6.45, 7) is 1.95. The van der Waals surface area contributed by atoms with Crippen LogP contribution in [0.1, 0.15) is 30.3 Å². The van der Waals surface area contributed by atoms with Crippen molar-refractivity contribution in [2.75, 3.05) is 10.6 Å². The van der Waals surface area contributed by atoms with Gasteiger partial charge in [-0.25, -0.2) is 0 Å². The standard InChI is InChI=1S/C20H20N4O2/c1-2-7-19(25)21-15-10-6-11-16(12-15)22-20(26)18-13-17(23-24-18)14-8-4-3-5-9-14/h3-6,8-13H,2,7H2,1H3,(H,21,25)(H,22,26)(H,23,24). The van der Waals surface area contributed by atoms with Crippen molar-refractivity contribution in [3.05, 3.63) is 66.4 Å². The summed E-state index contributed by atoms with van der Waals surface area (Å²) in [5.74, 6) is -0.339. The first-order valence-electron chi connectivity index (χ1n) is 8.48. The van der Waals surface area contributed by atoms with Crippen LogP contribution in [-0.4, -0.2) is 22.0 Å². The highest BCUT2D eigenvalue weighted by Crippen LogP contribution is 2.19. The van der Waals surface area contributed by atoms with Crippen molar-refractivity contribution in [1.82, 2.24) is 10.2 Å². The van der Waals surface area contributed by atoms with Crippen LogP contribution in [0, 0.1) is 0 Å². The average molecular weight is 348 g/mol. The van der Waals surface area contributed by atoms with Gasteiger partial charge in [-0.05, 0) is 30.7 Å². The largest absolute Gasteiger partial charge is 0.326 e. The number of hydrogen-bond acceptors (Lipinski definition) is 3. The number of anilines is 2. The molecule has 1 heterocycles. The first kappa shape index (κ1) is 17.4. The van der Waals surface area contributed by atoms with Gasteiger partial charge in [0.2, 0.25) is 5.91 Å². The molecule has 1 aromatic heterocycles. The molecule has 0 bridgehead atoms. The lowest BCUT2D eigenvalue weighted by atomic mass is 10.1. The molecule has 0 fully saturated rings. The maximum Gasteiger partial charge on any atom is 0.273 e. The third-order valence-electron chi connectivity index (χ3n) is 3.77. The maximum absolute atomic E-state index is 12.4. The molecule has 0 aliphatic carbocycles. The zero-order chi connectivity index (χ0) is 18.4. The smallest absolute Gasteiger partial charge is 0.273 e. The van der Waals surface area contributed by atoms with E-state index in [0.717, 1.165) is 12.0 Å². The summed E-state index contributed by atoms with van der Waals surface area (Å²) in [6.07, 6.45) is 1.25. The molecule has 0 saturated heterocycles. The van der Waals surface area contributed by atoms with Crippen LogP contribution in [0.2, 0.25) is 0 Å². The molecule has 2 amide bonds. The highest BCUT2D eigenvalue weighted by molar-refractivity contribution is 6.04. The predicted octanol–water partition coefficient (Wildman–Crippen LogP) is 4.07. The van der Waals surface area contributed by atoms with E-state index in [-0.39, 0.29) is 11.8 Å². The fourth-order valence-electron chi connectivity index (χ4n) is 2.52. The number of H-pyrrole nitrogens is 1. The van der Waals surface area contributed by atoms with Crippen molar-refractivity contribution >= 4 is 23.2 Å². The van der Waals surface area contributed by atoms with Crippen LogP contribution in [0.4, 0.5) is 11.4 Å².